The summed E-state index contributed by atoms with van der Waals surface area (Å²) in [6.07, 6.45) is 1.55. The Balaban J connectivity index is 1.96. The molecule has 8 heteroatoms. The third kappa shape index (κ3) is 3.32. The van der Waals surface area contributed by atoms with E-state index in [9.17, 15) is 9.59 Å². The highest BCUT2D eigenvalue weighted by Crippen LogP contribution is 2.18. The lowest BCUT2D eigenvalue weighted by atomic mass is 9.97. The van der Waals surface area contributed by atoms with Crippen LogP contribution in [0.5, 0.6) is 0 Å². The maximum atomic E-state index is 12.2. The lowest BCUT2D eigenvalue weighted by Gasteiger charge is -2.31. The number of hydrogen-bond acceptors (Lipinski definition) is 6. The summed E-state index contributed by atoms with van der Waals surface area (Å²) in [5.41, 5.74) is 5.35. The molecule has 2 rings (SSSR count). The van der Waals surface area contributed by atoms with Crippen LogP contribution < -0.4 is 11.1 Å². The van der Waals surface area contributed by atoms with Gasteiger partial charge < -0.3 is 20.5 Å². The Morgan fingerprint density at radius 3 is 3.00 bits per heavy atom. The number of piperidine rings is 1. The number of aryl methyl sites for hydroxylation is 1. The number of nitrogens with one attached hydrogen (secondary N) is 1. The fraction of sp³-hybridized carbons (Fsp3) is 0.667. The van der Waals surface area contributed by atoms with E-state index in [4.69, 9.17) is 10.3 Å². The average molecular weight is 281 g/mol. The number of nitrogens with zero attached hydrogens (tertiary/aromatic N) is 3. The van der Waals surface area contributed by atoms with E-state index in [2.05, 4.69) is 15.5 Å². The number of amides is 2. The third-order valence-corrected chi connectivity index (χ3v) is 3.24. The molecule has 0 aromatic carbocycles. The number of hydrogen-bond donors (Lipinski definition) is 2. The van der Waals surface area contributed by atoms with Gasteiger partial charge in [-0.25, -0.2) is 0 Å². The molecule has 1 saturated heterocycles. The molecule has 0 spiro atoms. The van der Waals surface area contributed by atoms with Crippen molar-refractivity contribution in [3.63, 3.8) is 0 Å². The van der Waals surface area contributed by atoms with Crippen molar-refractivity contribution in [1.82, 2.24) is 20.4 Å². The summed E-state index contributed by atoms with van der Waals surface area (Å²) in [5, 5.41) is 6.37. The first kappa shape index (κ1) is 14.4. The van der Waals surface area contributed by atoms with Crippen LogP contribution in [-0.2, 0) is 4.79 Å². The molecule has 2 amide bonds. The van der Waals surface area contributed by atoms with Crippen LogP contribution in [0.1, 0.15) is 29.4 Å². The molecule has 0 bridgehead atoms. The number of carbonyl (C=O) groups excluding carboxylic acids is 2. The minimum Gasteiger partial charge on any atom is -0.355 e. The maximum absolute atomic E-state index is 12.2. The minimum absolute atomic E-state index is 0.0468. The average Bonchev–Trinajstić information content (AvgIpc) is 2.90. The van der Waals surface area contributed by atoms with E-state index in [1.54, 1.807) is 11.8 Å². The molecule has 1 aromatic heterocycles. The Labute approximate surface area is 116 Å². The van der Waals surface area contributed by atoms with Crippen molar-refractivity contribution >= 4 is 11.8 Å². The Morgan fingerprint density at radius 2 is 2.35 bits per heavy atom. The monoisotopic (exact) mass is 281 g/mol. The molecule has 1 aliphatic rings. The van der Waals surface area contributed by atoms with Crippen LogP contribution in [0.4, 0.5) is 0 Å². The molecule has 1 aromatic rings. The fourth-order valence-electron chi connectivity index (χ4n) is 2.24. The highest BCUT2D eigenvalue weighted by atomic mass is 16.5. The second kappa shape index (κ2) is 6.47. The molecule has 0 saturated carbocycles. The number of rotatable bonds is 4. The first-order chi connectivity index (χ1) is 9.61. The summed E-state index contributed by atoms with van der Waals surface area (Å²) in [6, 6.07) is 0. The zero-order valence-corrected chi connectivity index (χ0v) is 11.5. The van der Waals surface area contributed by atoms with Crippen molar-refractivity contribution in [2.75, 3.05) is 26.2 Å². The number of nitrogens with two attached hydrogens (primary N) is 1. The molecule has 0 radical (unpaired) electrons. The van der Waals surface area contributed by atoms with Gasteiger partial charge >= 0.3 is 0 Å². The van der Waals surface area contributed by atoms with Crippen molar-refractivity contribution < 1.29 is 14.1 Å². The van der Waals surface area contributed by atoms with Crippen LogP contribution >= 0.6 is 0 Å². The molecule has 2 heterocycles. The van der Waals surface area contributed by atoms with Gasteiger partial charge in [-0.1, -0.05) is 5.16 Å². The number of aromatic nitrogens is 2. The predicted molar refractivity (Wildman–Crippen MR) is 69.7 cm³/mol. The Hall–Kier alpha value is -1.96. The summed E-state index contributed by atoms with van der Waals surface area (Å²) in [7, 11) is 0. The molecule has 1 fully saturated rings. The van der Waals surface area contributed by atoms with Gasteiger partial charge in [0.05, 0.1) is 5.92 Å². The second-order valence-corrected chi connectivity index (χ2v) is 4.81. The van der Waals surface area contributed by atoms with Crippen LogP contribution in [-0.4, -0.2) is 53.0 Å². The Kier molecular flexibility index (Phi) is 4.67. The third-order valence-electron chi connectivity index (χ3n) is 3.24. The number of carbonyl (C=O) groups is 2. The van der Waals surface area contributed by atoms with Gasteiger partial charge in [0, 0.05) is 33.1 Å². The van der Waals surface area contributed by atoms with Gasteiger partial charge in [0.1, 0.15) is 0 Å². The Bertz CT molecular complexity index is 487. The maximum Gasteiger partial charge on any atom is 0.295 e. The molecular weight excluding hydrogens is 262 g/mol. The van der Waals surface area contributed by atoms with Crippen LogP contribution in [0.3, 0.4) is 0 Å². The summed E-state index contributed by atoms with van der Waals surface area (Å²) in [4.78, 5) is 29.6. The van der Waals surface area contributed by atoms with E-state index in [1.807, 2.05) is 0 Å². The van der Waals surface area contributed by atoms with Crippen LogP contribution in [0.15, 0.2) is 4.52 Å². The van der Waals surface area contributed by atoms with E-state index in [0.29, 0.717) is 32.1 Å². The largest absolute Gasteiger partial charge is 0.355 e. The Morgan fingerprint density at radius 1 is 1.55 bits per heavy atom. The molecule has 1 unspecified atom stereocenters. The van der Waals surface area contributed by atoms with Gasteiger partial charge in [0.2, 0.25) is 11.8 Å². The molecule has 110 valence electrons. The van der Waals surface area contributed by atoms with Gasteiger partial charge in [0.15, 0.2) is 0 Å². The van der Waals surface area contributed by atoms with E-state index >= 15 is 0 Å². The highest BCUT2D eigenvalue weighted by Gasteiger charge is 2.30. The van der Waals surface area contributed by atoms with Gasteiger partial charge in [0.25, 0.3) is 11.7 Å². The van der Waals surface area contributed by atoms with Crippen molar-refractivity contribution in [3.05, 3.63) is 11.7 Å². The SMILES string of the molecule is Cc1nc(C(=O)N2CCCC(C(=O)NCCN)C2)no1. The molecule has 1 aliphatic heterocycles. The summed E-state index contributed by atoms with van der Waals surface area (Å²) >= 11 is 0. The smallest absolute Gasteiger partial charge is 0.295 e. The molecule has 20 heavy (non-hydrogen) atoms. The molecular formula is C12H19N5O3. The lowest BCUT2D eigenvalue weighted by Crippen LogP contribution is -2.46. The second-order valence-electron chi connectivity index (χ2n) is 4.81. The molecule has 3 N–H and O–H groups in total. The normalized spacial score (nSPS) is 18.9. The summed E-state index contributed by atoms with van der Waals surface area (Å²) < 4.78 is 4.80. The van der Waals surface area contributed by atoms with E-state index in [1.165, 1.54) is 0 Å². The summed E-state index contributed by atoms with van der Waals surface area (Å²) in [5.74, 6) is -0.157. The first-order valence-electron chi connectivity index (χ1n) is 6.69. The van der Waals surface area contributed by atoms with E-state index < -0.39 is 0 Å². The highest BCUT2D eigenvalue weighted by molar-refractivity contribution is 5.91. The molecule has 1 atom stereocenters. The quantitative estimate of drug-likeness (QED) is 0.754. The zero-order chi connectivity index (χ0) is 14.5. The minimum atomic E-state index is -0.293. The van der Waals surface area contributed by atoms with Crippen molar-refractivity contribution in [3.8, 4) is 0 Å². The lowest BCUT2D eigenvalue weighted by molar-refractivity contribution is -0.126. The van der Waals surface area contributed by atoms with Crippen molar-refractivity contribution in [1.29, 1.82) is 0 Å². The van der Waals surface area contributed by atoms with Crippen LogP contribution in [0.2, 0.25) is 0 Å². The number of likely N-dealkylation sites (tertiary alicyclic amines) is 1. The molecule has 8 nitrogen and oxygen atoms in total. The fourth-order valence-corrected chi connectivity index (χ4v) is 2.24. The van der Waals surface area contributed by atoms with Crippen LogP contribution in [0, 0.1) is 12.8 Å². The summed E-state index contributed by atoms with van der Waals surface area (Å²) in [6.45, 7) is 3.47. The van der Waals surface area contributed by atoms with E-state index in [0.717, 1.165) is 12.8 Å². The van der Waals surface area contributed by atoms with Gasteiger partial charge in [-0.2, -0.15) is 4.98 Å². The standard InChI is InChI=1S/C12H19N5O3/c1-8-15-10(16-20-8)12(19)17-6-2-3-9(7-17)11(18)14-5-4-13/h9H,2-7,13H2,1H3,(H,14,18). The van der Waals surface area contributed by atoms with Gasteiger partial charge in [-0.05, 0) is 12.8 Å². The predicted octanol–water partition coefficient (Wildman–Crippen LogP) is -0.695. The van der Waals surface area contributed by atoms with Crippen molar-refractivity contribution in [2.24, 2.45) is 11.7 Å². The van der Waals surface area contributed by atoms with E-state index in [-0.39, 0.29) is 23.6 Å². The van der Waals surface area contributed by atoms with Gasteiger partial charge in [-0.3, -0.25) is 9.59 Å². The van der Waals surface area contributed by atoms with Gasteiger partial charge in [-0.15, -0.1) is 0 Å². The zero-order valence-electron chi connectivity index (χ0n) is 11.5. The first-order valence-corrected chi connectivity index (χ1v) is 6.69. The topological polar surface area (TPSA) is 114 Å². The van der Waals surface area contributed by atoms with Crippen molar-refractivity contribution in [2.45, 2.75) is 19.8 Å². The molecule has 0 aliphatic carbocycles. The van der Waals surface area contributed by atoms with Crippen LogP contribution in [0.25, 0.3) is 0 Å².